The monoisotopic (exact) mass is 542 g/mol. The molecule has 5 rings (SSSR count). The minimum absolute atomic E-state index is 0.0927. The van der Waals surface area contributed by atoms with E-state index in [2.05, 4.69) is 15.6 Å². The number of rotatable bonds is 9. The second-order valence-electron chi connectivity index (χ2n) is 8.94. The maximum atomic E-state index is 12.0. The van der Waals surface area contributed by atoms with Crippen LogP contribution in [0.25, 0.3) is 11.3 Å². The molecule has 1 fully saturated rings. The molecular formula is C30H30N4O4S. The average Bonchev–Trinajstić information content (AvgIpc) is 3.59. The van der Waals surface area contributed by atoms with Crippen LogP contribution in [0.3, 0.4) is 0 Å². The Bertz CT molecular complexity index is 1460. The zero-order valence-corrected chi connectivity index (χ0v) is 22.8. The first-order chi connectivity index (χ1) is 19.0. The van der Waals surface area contributed by atoms with Crippen LogP contribution in [0, 0.1) is 0 Å². The number of carbonyl (C=O) groups is 1. The molecule has 39 heavy (non-hydrogen) atoms. The largest absolute Gasteiger partial charge is 0.494 e. The average molecular weight is 543 g/mol. The van der Waals surface area contributed by atoms with Gasteiger partial charge in [0.2, 0.25) is 5.91 Å². The van der Waals surface area contributed by atoms with Gasteiger partial charge < -0.3 is 29.4 Å². The molecule has 0 saturated carbocycles. The van der Waals surface area contributed by atoms with Crippen molar-refractivity contribution >= 4 is 34.6 Å². The number of nitrogens with one attached hydrogen (secondary N) is 2. The molecule has 200 valence electrons. The number of nitrogens with zero attached hydrogens (tertiary/aromatic N) is 2. The van der Waals surface area contributed by atoms with Crippen molar-refractivity contribution in [2.45, 2.75) is 32.4 Å². The molecule has 2 N–H and O–H groups in total. The van der Waals surface area contributed by atoms with E-state index in [0.29, 0.717) is 29.6 Å². The normalized spacial score (nSPS) is 16.6. The number of carbonyl (C=O) groups excluding carboxylic acids is 1. The second kappa shape index (κ2) is 11.6. The lowest BCUT2D eigenvalue weighted by Crippen LogP contribution is -2.29. The number of pyridine rings is 1. The highest BCUT2D eigenvalue weighted by Crippen LogP contribution is 2.44. The highest BCUT2D eigenvalue weighted by Gasteiger charge is 2.42. The molecule has 0 aliphatic carbocycles. The number of hydrogen-bond donors (Lipinski definition) is 2. The standard InChI is InChI=1S/C30H30N4O4S/c1-4-27(35)32-22-14-11-20(18-26(22)36-3)34-29(28(33-30(34)39)23-8-6-7-17-31-23)25-16-15-24(38-25)19-9-12-21(13-10-19)37-5-2/h6-18,28-29H,4-5H2,1-3H3,(H,32,35)(H,33,39). The summed E-state index contributed by atoms with van der Waals surface area (Å²) in [6.07, 6.45) is 2.13. The van der Waals surface area contributed by atoms with Gasteiger partial charge in [-0.15, -0.1) is 0 Å². The van der Waals surface area contributed by atoms with E-state index in [0.717, 1.165) is 34.2 Å². The van der Waals surface area contributed by atoms with Gasteiger partial charge in [-0.2, -0.15) is 0 Å². The Morgan fingerprint density at radius 2 is 1.92 bits per heavy atom. The van der Waals surface area contributed by atoms with Gasteiger partial charge in [0.1, 0.15) is 29.1 Å². The topological polar surface area (TPSA) is 88.9 Å². The van der Waals surface area contributed by atoms with E-state index < -0.39 is 0 Å². The summed E-state index contributed by atoms with van der Waals surface area (Å²) in [6, 6.07) is 22.6. The third-order valence-corrected chi connectivity index (χ3v) is 6.84. The van der Waals surface area contributed by atoms with Crippen LogP contribution in [0.2, 0.25) is 0 Å². The van der Waals surface area contributed by atoms with Crippen LogP contribution >= 0.6 is 12.2 Å². The van der Waals surface area contributed by atoms with Crippen molar-refractivity contribution < 1.29 is 18.7 Å². The van der Waals surface area contributed by atoms with Gasteiger partial charge in [0.15, 0.2) is 5.11 Å². The number of amides is 1. The maximum absolute atomic E-state index is 12.0. The summed E-state index contributed by atoms with van der Waals surface area (Å²) in [5.74, 6) is 2.72. The van der Waals surface area contributed by atoms with E-state index in [-0.39, 0.29) is 18.0 Å². The Balaban J connectivity index is 1.54. The van der Waals surface area contributed by atoms with Crippen LogP contribution < -0.4 is 25.0 Å². The van der Waals surface area contributed by atoms with Crippen LogP contribution in [0.4, 0.5) is 11.4 Å². The Morgan fingerprint density at radius 1 is 1.10 bits per heavy atom. The van der Waals surface area contributed by atoms with Crippen LogP contribution in [-0.4, -0.2) is 29.7 Å². The van der Waals surface area contributed by atoms with Crippen molar-refractivity contribution in [3.63, 3.8) is 0 Å². The van der Waals surface area contributed by atoms with E-state index >= 15 is 0 Å². The molecular weight excluding hydrogens is 512 g/mol. The predicted molar refractivity (Wildman–Crippen MR) is 155 cm³/mol. The molecule has 2 aromatic heterocycles. The van der Waals surface area contributed by atoms with Crippen LogP contribution in [0.5, 0.6) is 11.5 Å². The van der Waals surface area contributed by atoms with Gasteiger partial charge in [-0.05, 0) is 79.8 Å². The van der Waals surface area contributed by atoms with Crippen molar-refractivity contribution in [3.05, 3.63) is 90.4 Å². The van der Waals surface area contributed by atoms with E-state index in [1.165, 1.54) is 0 Å². The molecule has 9 heteroatoms. The van der Waals surface area contributed by atoms with E-state index in [1.807, 2.05) is 84.6 Å². The Labute approximate surface area is 233 Å². The molecule has 3 heterocycles. The number of aromatic nitrogens is 1. The van der Waals surface area contributed by atoms with Gasteiger partial charge >= 0.3 is 0 Å². The molecule has 2 atom stereocenters. The molecule has 1 aliphatic rings. The van der Waals surface area contributed by atoms with Gasteiger partial charge in [-0.25, -0.2) is 0 Å². The van der Waals surface area contributed by atoms with E-state index in [4.69, 9.17) is 26.1 Å². The molecule has 0 spiro atoms. The zero-order chi connectivity index (χ0) is 27.4. The Kier molecular flexibility index (Phi) is 7.79. The predicted octanol–water partition coefficient (Wildman–Crippen LogP) is 6.27. The number of ether oxygens (including phenoxy) is 2. The lowest BCUT2D eigenvalue weighted by molar-refractivity contribution is -0.115. The first-order valence-electron chi connectivity index (χ1n) is 12.8. The van der Waals surface area contributed by atoms with Crippen LogP contribution in [0.1, 0.15) is 43.8 Å². The quantitative estimate of drug-likeness (QED) is 0.239. The third-order valence-electron chi connectivity index (χ3n) is 6.52. The summed E-state index contributed by atoms with van der Waals surface area (Å²) >= 11 is 5.84. The highest BCUT2D eigenvalue weighted by atomic mass is 32.1. The van der Waals surface area contributed by atoms with Gasteiger partial charge in [0, 0.05) is 29.9 Å². The number of benzene rings is 2. The lowest BCUT2D eigenvalue weighted by atomic mass is 10.0. The summed E-state index contributed by atoms with van der Waals surface area (Å²) in [7, 11) is 1.57. The molecule has 0 radical (unpaired) electrons. The number of thiocarbonyl (C=S) groups is 1. The molecule has 8 nitrogen and oxygen atoms in total. The Morgan fingerprint density at radius 3 is 2.62 bits per heavy atom. The zero-order valence-electron chi connectivity index (χ0n) is 22.0. The lowest BCUT2D eigenvalue weighted by Gasteiger charge is -2.27. The third kappa shape index (κ3) is 5.44. The maximum Gasteiger partial charge on any atom is 0.224 e. The SMILES string of the molecule is CCOc1ccc(-c2ccc(C3C(c4ccccn4)NC(=S)N3c3ccc(NC(=O)CC)c(OC)c3)o2)cc1. The fourth-order valence-corrected chi connectivity index (χ4v) is 4.99. The molecule has 2 aromatic carbocycles. The summed E-state index contributed by atoms with van der Waals surface area (Å²) in [6.45, 7) is 4.37. The van der Waals surface area contributed by atoms with Crippen molar-refractivity contribution in [2.75, 3.05) is 23.9 Å². The molecule has 1 amide bonds. The summed E-state index contributed by atoms with van der Waals surface area (Å²) in [5, 5.41) is 6.85. The van der Waals surface area contributed by atoms with Crippen molar-refractivity contribution in [2.24, 2.45) is 0 Å². The summed E-state index contributed by atoms with van der Waals surface area (Å²) in [5.41, 5.74) is 3.17. The van der Waals surface area contributed by atoms with Gasteiger partial charge in [0.25, 0.3) is 0 Å². The highest BCUT2D eigenvalue weighted by molar-refractivity contribution is 7.80. The molecule has 0 bridgehead atoms. The first kappa shape index (κ1) is 26.2. The van der Waals surface area contributed by atoms with Gasteiger partial charge in [-0.1, -0.05) is 13.0 Å². The van der Waals surface area contributed by atoms with Crippen molar-refractivity contribution in [1.29, 1.82) is 0 Å². The second-order valence-corrected chi connectivity index (χ2v) is 9.33. The van der Waals surface area contributed by atoms with Crippen molar-refractivity contribution in [3.8, 4) is 22.8 Å². The number of methoxy groups -OCH3 is 1. The Hall–Kier alpha value is -4.37. The van der Waals surface area contributed by atoms with Crippen molar-refractivity contribution in [1.82, 2.24) is 10.3 Å². The fraction of sp³-hybridized carbons (Fsp3) is 0.233. The fourth-order valence-electron chi connectivity index (χ4n) is 4.64. The van der Waals surface area contributed by atoms with Gasteiger partial charge in [-0.3, -0.25) is 9.78 Å². The van der Waals surface area contributed by atoms with Crippen LogP contribution in [0.15, 0.2) is 83.4 Å². The minimum atomic E-state index is -0.329. The number of anilines is 2. The molecule has 1 saturated heterocycles. The summed E-state index contributed by atoms with van der Waals surface area (Å²) in [4.78, 5) is 18.6. The van der Waals surface area contributed by atoms with E-state index in [1.54, 1.807) is 20.2 Å². The smallest absolute Gasteiger partial charge is 0.224 e. The summed E-state index contributed by atoms with van der Waals surface area (Å²) < 4.78 is 17.6. The first-order valence-corrected chi connectivity index (χ1v) is 13.2. The van der Waals surface area contributed by atoms with Crippen LogP contribution in [-0.2, 0) is 4.79 Å². The number of hydrogen-bond acceptors (Lipinski definition) is 6. The van der Waals surface area contributed by atoms with Gasteiger partial charge in [0.05, 0.1) is 31.1 Å². The molecule has 4 aromatic rings. The number of furan rings is 1. The molecule has 1 aliphatic heterocycles. The minimum Gasteiger partial charge on any atom is -0.494 e. The van der Waals surface area contributed by atoms with E-state index in [9.17, 15) is 4.79 Å². The molecule has 2 unspecified atom stereocenters.